The number of rotatable bonds is 5. The van der Waals surface area contributed by atoms with Crippen molar-refractivity contribution in [2.24, 2.45) is 0 Å². The molecule has 1 amide bonds. The molecule has 19 heavy (non-hydrogen) atoms. The molecule has 1 heterocycles. The van der Waals surface area contributed by atoms with Gasteiger partial charge in [-0.25, -0.2) is 4.98 Å². The fourth-order valence-electron chi connectivity index (χ4n) is 1.69. The predicted molar refractivity (Wildman–Crippen MR) is 75.1 cm³/mol. The first-order valence-electron chi connectivity index (χ1n) is 5.88. The number of hydrogen-bond acceptors (Lipinski definition) is 5. The lowest BCUT2D eigenvalue weighted by atomic mass is 10.1. The van der Waals surface area contributed by atoms with E-state index in [2.05, 4.69) is 10.3 Å². The lowest BCUT2D eigenvalue weighted by Crippen LogP contribution is -2.27. The molecule has 4 N–H and O–H groups in total. The van der Waals surface area contributed by atoms with Crippen LogP contribution in [0.25, 0.3) is 0 Å². The standard InChI is InChI=1S/C13H15N3O2S/c14-13-16-10(8-19-13)7-12(18)15-6-5-9-3-1-2-4-11(9)17/h1-4,8,17H,5-7H2,(H2,14,16)(H,15,18). The highest BCUT2D eigenvalue weighted by atomic mass is 32.1. The fourth-order valence-corrected chi connectivity index (χ4v) is 2.25. The maximum absolute atomic E-state index is 11.6. The zero-order valence-electron chi connectivity index (χ0n) is 10.3. The molecule has 0 aliphatic rings. The normalized spacial score (nSPS) is 10.3. The van der Waals surface area contributed by atoms with Gasteiger partial charge in [-0.3, -0.25) is 4.79 Å². The SMILES string of the molecule is Nc1nc(CC(=O)NCCc2ccccc2O)cs1. The fraction of sp³-hybridized carbons (Fsp3) is 0.231. The molecule has 0 bridgehead atoms. The second-order valence-electron chi connectivity index (χ2n) is 4.08. The van der Waals surface area contributed by atoms with Crippen LogP contribution in [0.1, 0.15) is 11.3 Å². The topological polar surface area (TPSA) is 88.2 Å². The highest BCUT2D eigenvalue weighted by Gasteiger charge is 2.06. The zero-order valence-corrected chi connectivity index (χ0v) is 11.1. The van der Waals surface area contributed by atoms with E-state index < -0.39 is 0 Å². The molecule has 0 atom stereocenters. The summed E-state index contributed by atoms with van der Waals surface area (Å²) >= 11 is 1.32. The Morgan fingerprint density at radius 2 is 2.21 bits per heavy atom. The van der Waals surface area contributed by atoms with Crippen LogP contribution in [-0.2, 0) is 17.6 Å². The number of phenols is 1. The predicted octanol–water partition coefficient (Wildman–Crippen LogP) is 1.33. The molecular formula is C13H15N3O2S. The second-order valence-corrected chi connectivity index (χ2v) is 4.97. The molecule has 0 aliphatic carbocycles. The minimum absolute atomic E-state index is 0.0966. The number of nitrogen functional groups attached to an aromatic ring is 1. The third-order valence-electron chi connectivity index (χ3n) is 2.62. The van der Waals surface area contributed by atoms with E-state index >= 15 is 0 Å². The van der Waals surface area contributed by atoms with E-state index in [-0.39, 0.29) is 18.1 Å². The smallest absolute Gasteiger partial charge is 0.226 e. The molecule has 1 aromatic heterocycles. The van der Waals surface area contributed by atoms with Crippen molar-refractivity contribution in [2.45, 2.75) is 12.8 Å². The number of thiazole rings is 1. The van der Waals surface area contributed by atoms with Gasteiger partial charge in [0, 0.05) is 11.9 Å². The van der Waals surface area contributed by atoms with Crippen LogP contribution in [0.2, 0.25) is 0 Å². The van der Waals surface area contributed by atoms with Crippen LogP contribution in [0.15, 0.2) is 29.6 Å². The molecule has 2 rings (SSSR count). The number of aromatic hydroxyl groups is 1. The quantitative estimate of drug-likeness (QED) is 0.769. The van der Waals surface area contributed by atoms with Gasteiger partial charge in [0.2, 0.25) is 5.91 Å². The largest absolute Gasteiger partial charge is 0.508 e. The number of amides is 1. The van der Waals surface area contributed by atoms with Crippen LogP contribution in [0.4, 0.5) is 5.13 Å². The second kappa shape index (κ2) is 6.19. The van der Waals surface area contributed by atoms with Gasteiger partial charge in [0.15, 0.2) is 5.13 Å². The van der Waals surface area contributed by atoms with Gasteiger partial charge in [0.1, 0.15) is 5.75 Å². The summed E-state index contributed by atoms with van der Waals surface area (Å²) in [5.74, 6) is 0.157. The van der Waals surface area contributed by atoms with Crippen molar-refractivity contribution in [3.8, 4) is 5.75 Å². The van der Waals surface area contributed by atoms with Crippen molar-refractivity contribution in [3.63, 3.8) is 0 Å². The summed E-state index contributed by atoms with van der Waals surface area (Å²) in [6.45, 7) is 0.482. The van der Waals surface area contributed by atoms with Crippen LogP contribution < -0.4 is 11.1 Å². The third-order valence-corrected chi connectivity index (χ3v) is 3.34. The minimum Gasteiger partial charge on any atom is -0.508 e. The number of hydrogen-bond donors (Lipinski definition) is 3. The Kier molecular flexibility index (Phi) is 4.35. The average molecular weight is 277 g/mol. The molecule has 0 aliphatic heterocycles. The Hall–Kier alpha value is -2.08. The van der Waals surface area contributed by atoms with Crippen molar-refractivity contribution in [1.29, 1.82) is 0 Å². The molecule has 1 aromatic carbocycles. The molecule has 5 nitrogen and oxygen atoms in total. The van der Waals surface area contributed by atoms with Gasteiger partial charge in [0.05, 0.1) is 12.1 Å². The van der Waals surface area contributed by atoms with Gasteiger partial charge in [-0.1, -0.05) is 18.2 Å². The molecule has 0 saturated carbocycles. The van der Waals surface area contributed by atoms with E-state index in [9.17, 15) is 9.90 Å². The Balaban J connectivity index is 1.77. The number of anilines is 1. The number of phenolic OH excluding ortho intramolecular Hbond substituents is 1. The number of nitrogens with one attached hydrogen (secondary N) is 1. The number of carbonyl (C=O) groups excluding carboxylic acids is 1. The lowest BCUT2D eigenvalue weighted by molar-refractivity contribution is -0.120. The van der Waals surface area contributed by atoms with Gasteiger partial charge in [0.25, 0.3) is 0 Å². The van der Waals surface area contributed by atoms with Gasteiger partial charge < -0.3 is 16.2 Å². The first kappa shape index (κ1) is 13.4. The Morgan fingerprint density at radius 1 is 1.42 bits per heavy atom. The molecule has 2 aromatic rings. The summed E-state index contributed by atoms with van der Waals surface area (Å²) in [5.41, 5.74) is 7.00. The van der Waals surface area contributed by atoms with Gasteiger partial charge in [-0.15, -0.1) is 11.3 Å². The molecule has 100 valence electrons. The van der Waals surface area contributed by atoms with Crippen molar-refractivity contribution in [2.75, 3.05) is 12.3 Å². The van der Waals surface area contributed by atoms with Crippen LogP contribution in [0, 0.1) is 0 Å². The summed E-state index contributed by atoms with van der Waals surface area (Å²) in [4.78, 5) is 15.7. The molecule has 0 saturated heterocycles. The zero-order chi connectivity index (χ0) is 13.7. The number of nitrogens with two attached hydrogens (primary N) is 1. The molecule has 0 spiro atoms. The minimum atomic E-state index is -0.0966. The average Bonchev–Trinajstić information content (AvgIpc) is 2.77. The number of nitrogens with zero attached hydrogens (tertiary/aromatic N) is 1. The maximum atomic E-state index is 11.6. The van der Waals surface area contributed by atoms with E-state index in [1.165, 1.54) is 11.3 Å². The Labute approximate surface area is 115 Å². The van der Waals surface area contributed by atoms with Crippen molar-refractivity contribution < 1.29 is 9.90 Å². The summed E-state index contributed by atoms with van der Waals surface area (Å²) < 4.78 is 0. The van der Waals surface area contributed by atoms with Gasteiger partial charge in [-0.2, -0.15) is 0 Å². The van der Waals surface area contributed by atoms with E-state index in [0.29, 0.717) is 23.8 Å². The maximum Gasteiger partial charge on any atom is 0.226 e. The highest BCUT2D eigenvalue weighted by molar-refractivity contribution is 7.13. The van der Waals surface area contributed by atoms with Crippen LogP contribution in [0.3, 0.4) is 0 Å². The first-order valence-corrected chi connectivity index (χ1v) is 6.76. The summed E-state index contributed by atoms with van der Waals surface area (Å²) in [5, 5.41) is 14.6. The number of para-hydroxylation sites is 1. The first-order chi connectivity index (χ1) is 9.15. The van der Waals surface area contributed by atoms with Crippen molar-refractivity contribution in [1.82, 2.24) is 10.3 Å². The van der Waals surface area contributed by atoms with Gasteiger partial charge >= 0.3 is 0 Å². The van der Waals surface area contributed by atoms with Crippen molar-refractivity contribution in [3.05, 3.63) is 40.9 Å². The number of carbonyl (C=O) groups is 1. The van der Waals surface area contributed by atoms with E-state index in [1.54, 1.807) is 17.5 Å². The molecule has 0 fully saturated rings. The Morgan fingerprint density at radius 3 is 2.89 bits per heavy atom. The highest BCUT2D eigenvalue weighted by Crippen LogP contribution is 2.15. The number of benzene rings is 1. The monoisotopic (exact) mass is 277 g/mol. The third kappa shape index (κ3) is 3.96. The van der Waals surface area contributed by atoms with Crippen LogP contribution in [0.5, 0.6) is 5.75 Å². The lowest BCUT2D eigenvalue weighted by Gasteiger charge is -2.05. The van der Waals surface area contributed by atoms with E-state index in [4.69, 9.17) is 5.73 Å². The molecule has 0 unspecified atom stereocenters. The van der Waals surface area contributed by atoms with Crippen molar-refractivity contribution >= 4 is 22.4 Å². The number of aromatic nitrogens is 1. The summed E-state index contributed by atoms with van der Waals surface area (Å²) in [6, 6.07) is 7.09. The summed E-state index contributed by atoms with van der Waals surface area (Å²) in [7, 11) is 0. The van der Waals surface area contributed by atoms with Crippen LogP contribution >= 0.6 is 11.3 Å². The molecule has 0 radical (unpaired) electrons. The Bertz CT molecular complexity index is 569. The molecular weight excluding hydrogens is 262 g/mol. The van der Waals surface area contributed by atoms with Gasteiger partial charge in [-0.05, 0) is 18.1 Å². The van der Waals surface area contributed by atoms with Crippen LogP contribution in [-0.4, -0.2) is 22.5 Å². The summed E-state index contributed by atoms with van der Waals surface area (Å²) in [6.07, 6.45) is 0.825. The molecule has 6 heteroatoms. The van der Waals surface area contributed by atoms with E-state index in [1.807, 2.05) is 12.1 Å². The van der Waals surface area contributed by atoms with E-state index in [0.717, 1.165) is 5.56 Å².